The monoisotopic (exact) mass is 197 g/mol. The molecule has 0 aliphatic carbocycles. The molecule has 0 aromatic rings. The number of aliphatic hydroxyl groups excluding tert-OH is 1. The minimum Gasteiger partial charge on any atom is -0.395 e. The largest absolute Gasteiger partial charge is 0.395 e. The van der Waals surface area contributed by atoms with Crippen LogP contribution in [-0.4, -0.2) is 48.6 Å². The van der Waals surface area contributed by atoms with Crippen molar-refractivity contribution in [3.63, 3.8) is 0 Å². The summed E-state index contributed by atoms with van der Waals surface area (Å²) in [5, 5.41) is 8.49. The van der Waals surface area contributed by atoms with Gasteiger partial charge in [-0.25, -0.2) is 14.6 Å². The number of nitrogens with one attached hydrogen (secondary N) is 1. The van der Waals surface area contributed by atoms with Gasteiger partial charge in [-0.1, -0.05) is 0 Å². The van der Waals surface area contributed by atoms with Crippen LogP contribution in [0.4, 0.5) is 8.78 Å². The number of hydrazine groups is 1. The number of carbonyl (C=O) groups excluding carboxylic acids is 1. The molecule has 0 aromatic carbocycles. The van der Waals surface area contributed by atoms with Crippen LogP contribution in [0.1, 0.15) is 0 Å². The van der Waals surface area contributed by atoms with Crippen LogP contribution in [0, 0.1) is 0 Å². The molecule has 0 saturated carbocycles. The Hall–Kier alpha value is -0.790. The third kappa shape index (κ3) is 6.38. The molecule has 0 aromatic heterocycles. The average molecular weight is 197 g/mol. The Balaban J connectivity index is 3.86. The molecular weight excluding hydrogens is 184 g/mol. The van der Waals surface area contributed by atoms with Crippen LogP contribution in [0.5, 0.6) is 0 Å². The molecule has 0 bridgehead atoms. The summed E-state index contributed by atoms with van der Waals surface area (Å²) in [6.07, 6.45) is -2.53. The number of nitrogens with zero attached hydrogens (tertiary/aromatic N) is 1. The van der Waals surface area contributed by atoms with Gasteiger partial charge < -0.3 is 5.11 Å². The molecule has 1 amide bonds. The van der Waals surface area contributed by atoms with Crippen molar-refractivity contribution in [2.75, 3.05) is 26.2 Å². The Labute approximate surface area is 74.5 Å². The molecule has 4 N–H and O–H groups in total. The maximum Gasteiger partial charge on any atom is 0.251 e. The molecule has 0 rings (SSSR count). The number of nitrogens with two attached hydrogens (primary N) is 1. The number of alkyl halides is 2. The minimum absolute atomic E-state index is 0.0256. The average Bonchev–Trinajstić information content (AvgIpc) is 2.03. The molecule has 5 nitrogen and oxygen atoms in total. The van der Waals surface area contributed by atoms with E-state index in [9.17, 15) is 13.6 Å². The van der Waals surface area contributed by atoms with Crippen LogP contribution in [0.3, 0.4) is 0 Å². The lowest BCUT2D eigenvalue weighted by Gasteiger charge is -2.19. The maximum absolute atomic E-state index is 11.9. The van der Waals surface area contributed by atoms with Gasteiger partial charge >= 0.3 is 0 Å². The number of hydrogen-bond acceptors (Lipinski definition) is 4. The Morgan fingerprint density at radius 3 is 2.62 bits per heavy atom. The van der Waals surface area contributed by atoms with Crippen LogP contribution in [0.15, 0.2) is 0 Å². The van der Waals surface area contributed by atoms with E-state index < -0.39 is 18.9 Å². The highest BCUT2D eigenvalue weighted by Crippen LogP contribution is 1.97. The van der Waals surface area contributed by atoms with Crippen molar-refractivity contribution in [1.29, 1.82) is 0 Å². The molecule has 0 unspecified atom stereocenters. The van der Waals surface area contributed by atoms with Gasteiger partial charge in [-0.15, -0.1) is 0 Å². The first-order chi connectivity index (χ1) is 6.10. The van der Waals surface area contributed by atoms with Crippen LogP contribution in [0.25, 0.3) is 0 Å². The van der Waals surface area contributed by atoms with Gasteiger partial charge in [0.1, 0.15) is 0 Å². The number of carbonyl (C=O) groups is 1. The number of amides is 1. The fourth-order valence-electron chi connectivity index (χ4n) is 0.820. The van der Waals surface area contributed by atoms with Crippen LogP contribution in [-0.2, 0) is 4.79 Å². The first-order valence-corrected chi connectivity index (χ1v) is 3.71. The molecular formula is C6H13F2N3O2. The lowest BCUT2D eigenvalue weighted by molar-refractivity contribution is -0.122. The minimum atomic E-state index is -2.53. The van der Waals surface area contributed by atoms with E-state index in [0.717, 1.165) is 4.90 Å². The van der Waals surface area contributed by atoms with E-state index in [1.54, 1.807) is 0 Å². The van der Waals surface area contributed by atoms with Crippen molar-refractivity contribution in [3.8, 4) is 0 Å². The van der Waals surface area contributed by atoms with E-state index in [-0.39, 0.29) is 19.7 Å². The van der Waals surface area contributed by atoms with Gasteiger partial charge in [0.05, 0.1) is 19.7 Å². The topological polar surface area (TPSA) is 78.6 Å². The van der Waals surface area contributed by atoms with Gasteiger partial charge in [0, 0.05) is 6.54 Å². The molecule has 0 radical (unpaired) electrons. The highest BCUT2D eigenvalue weighted by atomic mass is 19.3. The van der Waals surface area contributed by atoms with Gasteiger partial charge in [-0.3, -0.25) is 15.1 Å². The van der Waals surface area contributed by atoms with Gasteiger partial charge in [0.2, 0.25) is 5.91 Å². The van der Waals surface area contributed by atoms with E-state index in [1.807, 2.05) is 5.43 Å². The molecule has 0 aliphatic heterocycles. The lowest BCUT2D eigenvalue weighted by atomic mass is 10.4. The second-order valence-electron chi connectivity index (χ2n) is 2.42. The second kappa shape index (κ2) is 6.70. The van der Waals surface area contributed by atoms with E-state index >= 15 is 0 Å². The van der Waals surface area contributed by atoms with Gasteiger partial charge in [0.15, 0.2) is 0 Å². The molecule has 0 fully saturated rings. The Kier molecular flexibility index (Phi) is 6.29. The summed E-state index contributed by atoms with van der Waals surface area (Å²) >= 11 is 0. The summed E-state index contributed by atoms with van der Waals surface area (Å²) < 4.78 is 23.8. The summed E-state index contributed by atoms with van der Waals surface area (Å²) in [4.78, 5) is 11.8. The molecule has 0 heterocycles. The Morgan fingerprint density at radius 1 is 1.62 bits per heavy atom. The molecule has 0 saturated heterocycles. The molecule has 13 heavy (non-hydrogen) atoms. The summed E-state index contributed by atoms with van der Waals surface area (Å²) in [5.74, 6) is 4.21. The first-order valence-electron chi connectivity index (χ1n) is 3.71. The summed E-state index contributed by atoms with van der Waals surface area (Å²) in [6.45, 7) is -1.03. The number of halogens is 2. The fourth-order valence-corrected chi connectivity index (χ4v) is 0.820. The van der Waals surface area contributed by atoms with Crippen molar-refractivity contribution < 1.29 is 18.7 Å². The van der Waals surface area contributed by atoms with E-state index in [2.05, 4.69) is 0 Å². The number of aliphatic hydroxyl groups is 1. The predicted molar refractivity (Wildman–Crippen MR) is 41.9 cm³/mol. The standard InChI is InChI=1S/C6H13F2N3O2/c7-5(8)3-11(1-2-12)4-6(13)10-9/h5,12H,1-4,9H2,(H,10,13). The Bertz CT molecular complexity index is 157. The van der Waals surface area contributed by atoms with Crippen molar-refractivity contribution in [1.82, 2.24) is 10.3 Å². The van der Waals surface area contributed by atoms with Crippen LogP contribution < -0.4 is 11.3 Å². The predicted octanol–water partition coefficient (Wildman–Crippen LogP) is -1.46. The fraction of sp³-hybridized carbons (Fsp3) is 0.833. The van der Waals surface area contributed by atoms with Gasteiger partial charge in [-0.2, -0.15) is 0 Å². The normalized spacial score (nSPS) is 10.9. The zero-order chi connectivity index (χ0) is 10.3. The zero-order valence-electron chi connectivity index (χ0n) is 7.04. The smallest absolute Gasteiger partial charge is 0.251 e. The third-order valence-electron chi connectivity index (χ3n) is 1.34. The summed E-state index contributed by atoms with van der Waals surface area (Å²) in [7, 11) is 0. The number of rotatable bonds is 6. The molecule has 78 valence electrons. The lowest BCUT2D eigenvalue weighted by Crippen LogP contribution is -2.43. The molecule has 0 aliphatic rings. The SMILES string of the molecule is NNC(=O)CN(CCO)CC(F)F. The van der Waals surface area contributed by atoms with Crippen molar-refractivity contribution in [3.05, 3.63) is 0 Å². The highest BCUT2D eigenvalue weighted by molar-refractivity contribution is 5.77. The first kappa shape index (κ1) is 12.2. The third-order valence-corrected chi connectivity index (χ3v) is 1.34. The Morgan fingerprint density at radius 2 is 2.23 bits per heavy atom. The molecule has 0 spiro atoms. The van der Waals surface area contributed by atoms with E-state index in [4.69, 9.17) is 10.9 Å². The zero-order valence-corrected chi connectivity index (χ0v) is 7.04. The van der Waals surface area contributed by atoms with Crippen LogP contribution >= 0.6 is 0 Å². The van der Waals surface area contributed by atoms with Crippen molar-refractivity contribution in [2.45, 2.75) is 6.43 Å². The number of hydrogen-bond donors (Lipinski definition) is 3. The van der Waals surface area contributed by atoms with E-state index in [1.165, 1.54) is 0 Å². The molecule has 7 heteroatoms. The maximum atomic E-state index is 11.9. The van der Waals surface area contributed by atoms with Crippen molar-refractivity contribution >= 4 is 5.91 Å². The quantitative estimate of drug-likeness (QED) is 0.276. The summed E-state index contributed by atoms with van der Waals surface area (Å²) in [5.41, 5.74) is 1.82. The van der Waals surface area contributed by atoms with Crippen molar-refractivity contribution in [2.24, 2.45) is 5.84 Å². The van der Waals surface area contributed by atoms with Gasteiger partial charge in [-0.05, 0) is 0 Å². The second-order valence-corrected chi connectivity index (χ2v) is 2.42. The highest BCUT2D eigenvalue weighted by Gasteiger charge is 2.14. The van der Waals surface area contributed by atoms with Gasteiger partial charge in [0.25, 0.3) is 6.43 Å². The van der Waals surface area contributed by atoms with E-state index in [0.29, 0.717) is 0 Å². The molecule has 0 atom stereocenters. The summed E-state index contributed by atoms with van der Waals surface area (Å²) in [6, 6.07) is 0. The van der Waals surface area contributed by atoms with Crippen LogP contribution in [0.2, 0.25) is 0 Å².